The average molecular weight is 112 g/mol. The first-order valence-electron chi connectivity index (χ1n) is 3.34. The summed E-state index contributed by atoms with van der Waals surface area (Å²) in [6.45, 7) is 0. The van der Waals surface area contributed by atoms with Crippen LogP contribution in [0.25, 0.3) is 0 Å². The highest BCUT2D eigenvalue weighted by Crippen LogP contribution is 2.21. The molecule has 0 N–H and O–H groups in total. The second-order valence-electron chi connectivity index (χ2n) is 2.70. The van der Waals surface area contributed by atoms with Gasteiger partial charge in [-0.3, -0.25) is 7.05 Å². The molecule has 1 heteroatoms. The quantitative estimate of drug-likeness (QED) is 0.466. The fourth-order valence-corrected chi connectivity index (χ4v) is 1.35. The van der Waals surface area contributed by atoms with Gasteiger partial charge in [-0.2, -0.15) is 0 Å². The number of hydrogen-bond donors (Lipinski definition) is 0. The fraction of sp³-hybridized carbons (Fsp3) is 0.857. The molecule has 0 aliphatic heterocycles. The maximum atomic E-state index is 3.85. The molecule has 0 aromatic carbocycles. The van der Waals surface area contributed by atoms with Gasteiger partial charge in [0.2, 0.25) is 0 Å². The standard InChI is InChI=1S/C7H14N/c1-8(2)7-5-3-4-6-7/h7H,1,3-6H2,2H3/q-1. The zero-order valence-electron chi connectivity index (χ0n) is 5.56. The maximum absolute atomic E-state index is 3.85. The Morgan fingerprint density at radius 2 is 1.88 bits per heavy atom. The summed E-state index contributed by atoms with van der Waals surface area (Å²) in [6, 6.07) is 0.787. The molecule has 1 aliphatic carbocycles. The molecule has 0 spiro atoms. The van der Waals surface area contributed by atoms with Crippen LogP contribution < -0.4 is 0 Å². The molecule has 1 fully saturated rings. The van der Waals surface area contributed by atoms with Crippen LogP contribution >= 0.6 is 0 Å². The Hall–Kier alpha value is -0.0400. The Kier molecular flexibility index (Phi) is 1.90. The van der Waals surface area contributed by atoms with Gasteiger partial charge in [-0.15, -0.1) is 0 Å². The molecule has 1 nitrogen and oxygen atoms in total. The number of rotatable bonds is 1. The molecule has 1 rings (SSSR count). The van der Waals surface area contributed by atoms with Gasteiger partial charge in [0.05, 0.1) is 0 Å². The maximum Gasteiger partial charge on any atom is -0.0187 e. The summed E-state index contributed by atoms with van der Waals surface area (Å²) in [5, 5.41) is 0. The van der Waals surface area contributed by atoms with E-state index in [0.29, 0.717) is 0 Å². The average Bonchev–Trinajstić information content (AvgIpc) is 2.12. The van der Waals surface area contributed by atoms with Crippen LogP contribution in [0.2, 0.25) is 0 Å². The smallest absolute Gasteiger partial charge is 0.0187 e. The van der Waals surface area contributed by atoms with Crippen molar-refractivity contribution in [3.05, 3.63) is 7.05 Å². The van der Waals surface area contributed by atoms with Gasteiger partial charge in [-0.25, -0.2) is 0 Å². The molecule has 0 bridgehead atoms. The fourth-order valence-electron chi connectivity index (χ4n) is 1.35. The van der Waals surface area contributed by atoms with Crippen molar-refractivity contribution in [3.8, 4) is 0 Å². The van der Waals surface area contributed by atoms with E-state index >= 15 is 0 Å². The van der Waals surface area contributed by atoms with Crippen LogP contribution in [0.15, 0.2) is 0 Å². The van der Waals surface area contributed by atoms with E-state index in [1.807, 2.05) is 0 Å². The first-order chi connectivity index (χ1) is 3.80. The normalized spacial score (nSPS) is 22.9. The SMILES string of the molecule is [CH2-]N(C)C1CCCC1. The van der Waals surface area contributed by atoms with Crippen LogP contribution in [-0.2, 0) is 0 Å². The largest absolute Gasteiger partial charge is 0.459 e. The zero-order valence-corrected chi connectivity index (χ0v) is 5.56. The summed E-state index contributed by atoms with van der Waals surface area (Å²) in [4.78, 5) is 2.09. The van der Waals surface area contributed by atoms with Crippen molar-refractivity contribution in [2.24, 2.45) is 0 Å². The Morgan fingerprint density at radius 3 is 2.12 bits per heavy atom. The first-order valence-corrected chi connectivity index (χ1v) is 3.34. The third-order valence-electron chi connectivity index (χ3n) is 1.95. The third kappa shape index (κ3) is 1.22. The van der Waals surface area contributed by atoms with E-state index in [1.54, 1.807) is 0 Å². The summed E-state index contributed by atoms with van der Waals surface area (Å²) in [5.74, 6) is 0. The van der Waals surface area contributed by atoms with E-state index in [0.717, 1.165) is 6.04 Å². The summed E-state index contributed by atoms with van der Waals surface area (Å²) in [6.07, 6.45) is 5.54. The Balaban J connectivity index is 2.24. The van der Waals surface area contributed by atoms with Gasteiger partial charge < -0.3 is 4.90 Å². The van der Waals surface area contributed by atoms with Crippen molar-refractivity contribution in [3.63, 3.8) is 0 Å². The minimum Gasteiger partial charge on any atom is -0.459 e. The molecule has 1 aliphatic rings. The summed E-state index contributed by atoms with van der Waals surface area (Å²) < 4.78 is 0. The van der Waals surface area contributed by atoms with Crippen molar-refractivity contribution in [2.45, 2.75) is 31.7 Å². The lowest BCUT2D eigenvalue weighted by Gasteiger charge is -2.26. The molecule has 0 aromatic rings. The zero-order chi connectivity index (χ0) is 5.98. The predicted octanol–water partition coefficient (Wildman–Crippen LogP) is 1.65. The topological polar surface area (TPSA) is 3.24 Å². The molecular weight excluding hydrogens is 98.1 g/mol. The lowest BCUT2D eigenvalue weighted by molar-refractivity contribution is 0.330. The molecule has 0 saturated heterocycles. The lowest BCUT2D eigenvalue weighted by atomic mass is 10.2. The van der Waals surface area contributed by atoms with E-state index in [2.05, 4.69) is 19.0 Å². The monoisotopic (exact) mass is 112 g/mol. The van der Waals surface area contributed by atoms with Gasteiger partial charge in [-0.05, 0) is 25.9 Å². The first kappa shape index (κ1) is 6.09. The molecule has 0 unspecified atom stereocenters. The van der Waals surface area contributed by atoms with Crippen LogP contribution in [0.1, 0.15) is 25.7 Å². The Labute approximate surface area is 51.7 Å². The van der Waals surface area contributed by atoms with Gasteiger partial charge >= 0.3 is 0 Å². The van der Waals surface area contributed by atoms with Crippen LogP contribution in [0.5, 0.6) is 0 Å². The van der Waals surface area contributed by atoms with Gasteiger partial charge in [0, 0.05) is 0 Å². The van der Waals surface area contributed by atoms with Crippen molar-refractivity contribution in [1.29, 1.82) is 0 Å². The minimum absolute atomic E-state index is 0.787. The van der Waals surface area contributed by atoms with Gasteiger partial charge in [0.1, 0.15) is 0 Å². The van der Waals surface area contributed by atoms with E-state index in [4.69, 9.17) is 0 Å². The van der Waals surface area contributed by atoms with Crippen LogP contribution in [-0.4, -0.2) is 18.0 Å². The second-order valence-corrected chi connectivity index (χ2v) is 2.70. The number of hydrogen-bond acceptors (Lipinski definition) is 1. The summed E-state index contributed by atoms with van der Waals surface area (Å²) >= 11 is 0. The van der Waals surface area contributed by atoms with E-state index in [9.17, 15) is 0 Å². The highest BCUT2D eigenvalue weighted by molar-refractivity contribution is 4.73. The molecule has 48 valence electrons. The van der Waals surface area contributed by atoms with E-state index < -0.39 is 0 Å². The van der Waals surface area contributed by atoms with Crippen molar-refractivity contribution < 1.29 is 0 Å². The van der Waals surface area contributed by atoms with Gasteiger partial charge in [0.25, 0.3) is 0 Å². The molecule has 0 radical (unpaired) electrons. The molecule has 8 heavy (non-hydrogen) atoms. The minimum atomic E-state index is 0.787. The van der Waals surface area contributed by atoms with Gasteiger partial charge in [-0.1, -0.05) is 12.8 Å². The molecule has 0 aromatic heterocycles. The molecule has 1 saturated carbocycles. The van der Waals surface area contributed by atoms with Crippen molar-refractivity contribution in [1.82, 2.24) is 4.90 Å². The lowest BCUT2D eigenvalue weighted by Crippen LogP contribution is -2.21. The van der Waals surface area contributed by atoms with Crippen LogP contribution in [0.4, 0.5) is 0 Å². The van der Waals surface area contributed by atoms with Crippen LogP contribution in [0.3, 0.4) is 0 Å². The van der Waals surface area contributed by atoms with E-state index in [-0.39, 0.29) is 0 Å². The summed E-state index contributed by atoms with van der Waals surface area (Å²) in [5.41, 5.74) is 0. The highest BCUT2D eigenvalue weighted by Gasteiger charge is 2.12. The number of nitrogens with zero attached hydrogens (tertiary/aromatic N) is 1. The van der Waals surface area contributed by atoms with E-state index in [1.165, 1.54) is 25.7 Å². The predicted molar refractivity (Wildman–Crippen MR) is 35.4 cm³/mol. The molecule has 0 amide bonds. The molecule has 0 heterocycles. The van der Waals surface area contributed by atoms with Crippen molar-refractivity contribution >= 4 is 0 Å². The van der Waals surface area contributed by atoms with Gasteiger partial charge in [0.15, 0.2) is 0 Å². The van der Waals surface area contributed by atoms with Crippen LogP contribution in [0, 0.1) is 7.05 Å². The molecular formula is C7H14N-. The van der Waals surface area contributed by atoms with Crippen molar-refractivity contribution in [2.75, 3.05) is 7.05 Å². The Morgan fingerprint density at radius 1 is 1.38 bits per heavy atom. The molecule has 0 atom stereocenters. The Bertz CT molecular complexity index is 62.8. The summed E-state index contributed by atoms with van der Waals surface area (Å²) in [7, 11) is 5.92. The second kappa shape index (κ2) is 2.49. The highest BCUT2D eigenvalue weighted by atomic mass is 15.1. The third-order valence-corrected chi connectivity index (χ3v) is 1.95.